The van der Waals surface area contributed by atoms with Crippen molar-refractivity contribution in [1.82, 2.24) is 0 Å². The van der Waals surface area contributed by atoms with Crippen LogP contribution in [0.4, 0.5) is 5.69 Å². The lowest BCUT2D eigenvalue weighted by Crippen LogP contribution is -2.46. The van der Waals surface area contributed by atoms with E-state index in [2.05, 4.69) is 0 Å². The first-order valence-electron chi connectivity index (χ1n) is 10.2. The molecule has 0 saturated carbocycles. The van der Waals surface area contributed by atoms with Gasteiger partial charge in [0.25, 0.3) is 10.0 Å². The Morgan fingerprint density at radius 1 is 0.906 bits per heavy atom. The van der Waals surface area contributed by atoms with Crippen molar-refractivity contribution in [2.75, 3.05) is 23.4 Å². The fourth-order valence-corrected chi connectivity index (χ4v) is 7.25. The molecule has 1 atom stereocenters. The molecule has 0 fully saturated rings. The van der Waals surface area contributed by atoms with Gasteiger partial charge in [-0.05, 0) is 36.3 Å². The number of anilines is 1. The highest BCUT2D eigenvalue weighted by Crippen LogP contribution is 2.49. The minimum atomic E-state index is -3.81. The lowest BCUT2D eigenvalue weighted by Gasteiger charge is -2.43. The van der Waals surface area contributed by atoms with Crippen LogP contribution in [0.15, 0.2) is 99.6 Å². The highest BCUT2D eigenvalue weighted by Gasteiger charge is 2.46. The van der Waals surface area contributed by atoms with Crippen molar-refractivity contribution in [2.45, 2.75) is 16.9 Å². The molecule has 166 valence electrons. The van der Waals surface area contributed by atoms with Gasteiger partial charge in [0.2, 0.25) is 0 Å². The molecule has 1 heterocycles. The molecule has 1 aliphatic heterocycles. The van der Waals surface area contributed by atoms with Crippen LogP contribution in [-0.4, -0.2) is 32.6 Å². The number of fused-ring (bicyclic) bond motifs is 1. The van der Waals surface area contributed by atoms with Crippen LogP contribution in [0.5, 0.6) is 0 Å². The molecule has 0 spiro atoms. The predicted molar refractivity (Wildman–Crippen MR) is 136 cm³/mol. The summed E-state index contributed by atoms with van der Waals surface area (Å²) in [7, 11) is -3.81. The summed E-state index contributed by atoms with van der Waals surface area (Å²) in [5.41, 5.74) is 1.50. The molecule has 32 heavy (non-hydrogen) atoms. The number of hydrogen-bond acceptors (Lipinski definition) is 5. The minimum Gasteiger partial charge on any atom is -0.380 e. The molecule has 3 aromatic rings. The summed E-state index contributed by atoms with van der Waals surface area (Å²) in [4.78, 5) is 0.234. The predicted octanol–water partition coefficient (Wildman–Crippen LogP) is 5.26. The minimum absolute atomic E-state index is 0.0919. The smallest absolute Gasteiger partial charge is 0.264 e. The topological polar surface area (TPSA) is 57.6 Å². The monoisotopic (exact) mass is 483 g/mol. The first-order valence-corrected chi connectivity index (χ1v) is 14.1. The molecule has 3 aromatic carbocycles. The van der Waals surface area contributed by atoms with Gasteiger partial charge in [-0.15, -0.1) is 23.5 Å². The molecule has 0 bridgehead atoms. The summed E-state index contributed by atoms with van der Waals surface area (Å²) in [5.74, 6) is 0. The number of para-hydroxylation sites is 1. The van der Waals surface area contributed by atoms with Crippen LogP contribution in [0.2, 0.25) is 0 Å². The van der Waals surface area contributed by atoms with Gasteiger partial charge in [0, 0.05) is 21.8 Å². The summed E-state index contributed by atoms with van der Waals surface area (Å²) in [6, 6.07) is 25.6. The van der Waals surface area contributed by atoms with Crippen molar-refractivity contribution in [3.8, 4) is 0 Å². The van der Waals surface area contributed by atoms with E-state index in [1.54, 1.807) is 36.4 Å². The van der Waals surface area contributed by atoms with Gasteiger partial charge in [-0.3, -0.25) is 4.31 Å². The molecular weight excluding hydrogens is 458 g/mol. The summed E-state index contributed by atoms with van der Waals surface area (Å²) < 4.78 is 29.7. The van der Waals surface area contributed by atoms with Gasteiger partial charge in [-0.1, -0.05) is 66.7 Å². The van der Waals surface area contributed by atoms with E-state index >= 15 is 0 Å². The van der Waals surface area contributed by atoms with E-state index in [1.165, 1.54) is 27.8 Å². The third-order valence-electron chi connectivity index (χ3n) is 5.67. The summed E-state index contributed by atoms with van der Waals surface area (Å²) >= 11 is 3.07. The Morgan fingerprint density at radius 3 is 2.09 bits per heavy atom. The van der Waals surface area contributed by atoms with Gasteiger partial charge in [0.1, 0.15) is 5.60 Å². The lowest BCUT2D eigenvalue weighted by molar-refractivity contribution is 0.0730. The van der Waals surface area contributed by atoms with Crippen molar-refractivity contribution < 1.29 is 13.5 Å². The molecule has 0 radical (unpaired) electrons. The van der Waals surface area contributed by atoms with E-state index in [4.69, 9.17) is 0 Å². The SMILES string of the molecule is CSC(SC)=C1CN(S(=O)(=O)c2ccccc2)c2ccccc2C1(O)Cc1ccccc1. The maximum Gasteiger partial charge on any atom is 0.264 e. The molecule has 1 aliphatic rings. The van der Waals surface area contributed by atoms with Crippen LogP contribution in [0.1, 0.15) is 11.1 Å². The average Bonchev–Trinajstić information content (AvgIpc) is 2.82. The standard InChI is InChI=1S/C25H25NO3S3/c1-30-24(31-2)22-18-26(32(28,29)20-13-7-4-8-14-20)23-16-10-9-15-21(23)25(22,27)17-19-11-5-3-6-12-19/h3-16,27H,17-18H2,1-2H3. The highest BCUT2D eigenvalue weighted by molar-refractivity contribution is 8.21. The second-order valence-corrected chi connectivity index (χ2v) is 11.3. The Hall–Kier alpha value is -2.19. The third-order valence-corrected chi connectivity index (χ3v) is 9.68. The van der Waals surface area contributed by atoms with Crippen molar-refractivity contribution >= 4 is 39.2 Å². The fourth-order valence-electron chi connectivity index (χ4n) is 4.15. The molecule has 0 saturated heterocycles. The first-order chi connectivity index (χ1) is 15.4. The lowest BCUT2D eigenvalue weighted by atomic mass is 9.78. The van der Waals surface area contributed by atoms with Crippen LogP contribution < -0.4 is 4.31 Å². The number of thioether (sulfide) groups is 2. The van der Waals surface area contributed by atoms with Gasteiger partial charge >= 0.3 is 0 Å². The van der Waals surface area contributed by atoms with Crippen LogP contribution in [0.3, 0.4) is 0 Å². The van der Waals surface area contributed by atoms with Crippen LogP contribution in [0, 0.1) is 0 Å². The zero-order valence-electron chi connectivity index (χ0n) is 17.9. The van der Waals surface area contributed by atoms with E-state index in [-0.39, 0.29) is 11.4 Å². The van der Waals surface area contributed by atoms with Crippen molar-refractivity contribution in [1.29, 1.82) is 0 Å². The Bertz CT molecular complexity index is 1220. The Morgan fingerprint density at radius 2 is 1.47 bits per heavy atom. The zero-order valence-corrected chi connectivity index (χ0v) is 20.4. The van der Waals surface area contributed by atoms with Crippen molar-refractivity contribution in [3.63, 3.8) is 0 Å². The van der Waals surface area contributed by atoms with Gasteiger partial charge < -0.3 is 5.11 Å². The number of rotatable bonds is 6. The van der Waals surface area contributed by atoms with E-state index in [9.17, 15) is 13.5 Å². The number of aliphatic hydroxyl groups is 1. The largest absolute Gasteiger partial charge is 0.380 e. The van der Waals surface area contributed by atoms with Gasteiger partial charge in [0.05, 0.1) is 17.1 Å². The fraction of sp³-hybridized carbons (Fsp3) is 0.200. The van der Waals surface area contributed by atoms with Crippen LogP contribution in [0.25, 0.3) is 0 Å². The second kappa shape index (κ2) is 9.35. The normalized spacial score (nSPS) is 18.3. The summed E-state index contributed by atoms with van der Waals surface area (Å²) in [6.07, 6.45) is 4.28. The number of hydrogen-bond donors (Lipinski definition) is 1. The number of nitrogens with zero attached hydrogens (tertiary/aromatic N) is 1. The zero-order chi connectivity index (χ0) is 22.8. The van der Waals surface area contributed by atoms with E-state index in [0.29, 0.717) is 23.2 Å². The highest BCUT2D eigenvalue weighted by atomic mass is 32.2. The molecule has 0 aliphatic carbocycles. The Kier molecular flexibility index (Phi) is 6.72. The third kappa shape index (κ3) is 4.10. The summed E-state index contributed by atoms with van der Waals surface area (Å²) in [5, 5.41) is 12.2. The van der Waals surface area contributed by atoms with E-state index in [1.807, 2.05) is 61.0 Å². The average molecular weight is 484 g/mol. The van der Waals surface area contributed by atoms with E-state index < -0.39 is 15.6 Å². The van der Waals surface area contributed by atoms with Crippen molar-refractivity contribution in [2.24, 2.45) is 0 Å². The van der Waals surface area contributed by atoms with Crippen LogP contribution in [-0.2, 0) is 22.0 Å². The molecule has 4 nitrogen and oxygen atoms in total. The quantitative estimate of drug-likeness (QED) is 0.518. The van der Waals surface area contributed by atoms with Gasteiger partial charge in [0.15, 0.2) is 0 Å². The Balaban J connectivity index is 1.95. The molecular formula is C25H25NO3S3. The molecule has 4 rings (SSSR count). The number of sulfonamides is 1. The molecule has 0 aromatic heterocycles. The molecule has 1 unspecified atom stereocenters. The maximum atomic E-state index is 13.7. The number of benzene rings is 3. The van der Waals surface area contributed by atoms with Crippen LogP contribution >= 0.6 is 23.5 Å². The summed E-state index contributed by atoms with van der Waals surface area (Å²) in [6.45, 7) is 0.0919. The van der Waals surface area contributed by atoms with Gasteiger partial charge in [-0.25, -0.2) is 8.42 Å². The molecule has 1 N–H and O–H groups in total. The molecule has 0 amide bonds. The maximum absolute atomic E-state index is 13.7. The van der Waals surface area contributed by atoms with E-state index in [0.717, 1.165) is 9.80 Å². The second-order valence-electron chi connectivity index (χ2n) is 7.54. The van der Waals surface area contributed by atoms with Crippen molar-refractivity contribution in [3.05, 3.63) is 106 Å². The first kappa shape index (κ1) is 23.0. The molecule has 7 heteroatoms. The Labute approximate surface area is 198 Å². The van der Waals surface area contributed by atoms with Gasteiger partial charge in [-0.2, -0.15) is 0 Å².